The fourth-order valence-electron chi connectivity index (χ4n) is 1.63. The van der Waals surface area contributed by atoms with E-state index in [-0.39, 0.29) is 11.7 Å². The molecule has 1 rings (SSSR count). The van der Waals surface area contributed by atoms with Crippen molar-refractivity contribution in [3.05, 3.63) is 33.8 Å². The Balaban J connectivity index is 2.68. The minimum atomic E-state index is 0.00545. The van der Waals surface area contributed by atoms with Gasteiger partial charge in [-0.05, 0) is 37.1 Å². The third-order valence-electron chi connectivity index (χ3n) is 2.80. The van der Waals surface area contributed by atoms with Crippen LogP contribution in [0.25, 0.3) is 0 Å². The number of nitrogens with two attached hydrogens (primary N) is 1. The van der Waals surface area contributed by atoms with Crippen molar-refractivity contribution in [2.75, 3.05) is 6.54 Å². The summed E-state index contributed by atoms with van der Waals surface area (Å²) in [5.41, 5.74) is 6.15. The van der Waals surface area contributed by atoms with Crippen LogP contribution >= 0.6 is 23.2 Å². The molecule has 94 valence electrons. The van der Waals surface area contributed by atoms with E-state index in [9.17, 15) is 4.79 Å². The number of carbonyl (C=O) groups is 1. The molecule has 2 N–H and O–H groups in total. The molecule has 0 aliphatic carbocycles. The van der Waals surface area contributed by atoms with E-state index in [1.165, 1.54) is 0 Å². The normalized spacial score (nSPS) is 12.5. The number of ketones is 1. The van der Waals surface area contributed by atoms with Crippen LogP contribution in [-0.4, -0.2) is 12.3 Å². The van der Waals surface area contributed by atoms with Gasteiger partial charge < -0.3 is 5.73 Å². The van der Waals surface area contributed by atoms with Crippen LogP contribution in [0.1, 0.15) is 25.3 Å². The SMILES string of the molecule is CC(CCCN)C(=O)Cc1c(Cl)cccc1Cl. The molecule has 0 aliphatic rings. The third kappa shape index (κ3) is 4.30. The minimum absolute atomic E-state index is 0.00545. The molecule has 0 saturated heterocycles. The van der Waals surface area contributed by atoms with E-state index < -0.39 is 0 Å². The van der Waals surface area contributed by atoms with Crippen LogP contribution in [0.4, 0.5) is 0 Å². The van der Waals surface area contributed by atoms with Gasteiger partial charge in [-0.1, -0.05) is 36.2 Å². The molecular weight excluding hydrogens is 257 g/mol. The molecule has 1 atom stereocenters. The number of carbonyl (C=O) groups excluding carboxylic acids is 1. The molecule has 1 aromatic rings. The van der Waals surface area contributed by atoms with Gasteiger partial charge in [0.05, 0.1) is 0 Å². The number of rotatable bonds is 6. The van der Waals surface area contributed by atoms with E-state index in [4.69, 9.17) is 28.9 Å². The highest BCUT2D eigenvalue weighted by molar-refractivity contribution is 6.36. The van der Waals surface area contributed by atoms with Gasteiger partial charge in [-0.25, -0.2) is 0 Å². The maximum atomic E-state index is 12.0. The van der Waals surface area contributed by atoms with Crippen molar-refractivity contribution in [2.45, 2.75) is 26.2 Å². The van der Waals surface area contributed by atoms with E-state index in [0.29, 0.717) is 23.0 Å². The smallest absolute Gasteiger partial charge is 0.140 e. The molecule has 0 aliphatic heterocycles. The highest BCUT2D eigenvalue weighted by Gasteiger charge is 2.16. The fraction of sp³-hybridized carbons (Fsp3) is 0.462. The molecule has 4 heteroatoms. The van der Waals surface area contributed by atoms with Crippen LogP contribution < -0.4 is 5.73 Å². The molecule has 0 heterocycles. The second kappa shape index (κ2) is 7.00. The van der Waals surface area contributed by atoms with Gasteiger partial charge in [0.25, 0.3) is 0 Å². The number of benzene rings is 1. The molecule has 0 bridgehead atoms. The average Bonchev–Trinajstić information content (AvgIpc) is 2.30. The van der Waals surface area contributed by atoms with Crippen molar-refractivity contribution in [3.8, 4) is 0 Å². The number of hydrogen-bond donors (Lipinski definition) is 1. The summed E-state index contributed by atoms with van der Waals surface area (Å²) in [6.45, 7) is 2.53. The van der Waals surface area contributed by atoms with Gasteiger partial charge in [-0.15, -0.1) is 0 Å². The van der Waals surface area contributed by atoms with Gasteiger partial charge in [-0.3, -0.25) is 4.79 Å². The molecule has 0 amide bonds. The number of halogens is 2. The summed E-state index contributed by atoms with van der Waals surface area (Å²) < 4.78 is 0. The average molecular weight is 274 g/mol. The summed E-state index contributed by atoms with van der Waals surface area (Å²) in [6, 6.07) is 5.28. The zero-order valence-electron chi connectivity index (χ0n) is 9.88. The zero-order valence-corrected chi connectivity index (χ0v) is 11.4. The topological polar surface area (TPSA) is 43.1 Å². The Morgan fingerprint density at radius 1 is 1.35 bits per heavy atom. The Labute approximate surface area is 112 Å². The highest BCUT2D eigenvalue weighted by Crippen LogP contribution is 2.26. The van der Waals surface area contributed by atoms with Crippen LogP contribution in [0.5, 0.6) is 0 Å². The standard InChI is InChI=1S/C13H17Cl2NO/c1-9(4-3-7-16)13(17)8-10-11(14)5-2-6-12(10)15/h2,5-6,9H,3-4,7-8,16H2,1H3. The lowest BCUT2D eigenvalue weighted by Crippen LogP contribution is -2.15. The van der Waals surface area contributed by atoms with Crippen molar-refractivity contribution in [1.29, 1.82) is 0 Å². The summed E-state index contributed by atoms with van der Waals surface area (Å²) in [5, 5.41) is 1.11. The molecular formula is C13H17Cl2NO. The van der Waals surface area contributed by atoms with Crippen molar-refractivity contribution in [2.24, 2.45) is 11.7 Å². The van der Waals surface area contributed by atoms with E-state index >= 15 is 0 Å². The Morgan fingerprint density at radius 2 is 1.94 bits per heavy atom. The lowest BCUT2D eigenvalue weighted by atomic mass is 9.95. The summed E-state index contributed by atoms with van der Waals surface area (Å²) in [6.07, 6.45) is 1.98. The van der Waals surface area contributed by atoms with Crippen molar-refractivity contribution in [3.63, 3.8) is 0 Å². The van der Waals surface area contributed by atoms with Crippen LogP contribution in [0, 0.1) is 5.92 Å². The predicted molar refractivity (Wildman–Crippen MR) is 72.6 cm³/mol. The van der Waals surface area contributed by atoms with Gasteiger partial charge in [0, 0.05) is 22.4 Å². The van der Waals surface area contributed by atoms with Crippen molar-refractivity contribution in [1.82, 2.24) is 0 Å². The summed E-state index contributed by atoms with van der Waals surface area (Å²) in [4.78, 5) is 12.0. The van der Waals surface area contributed by atoms with Crippen molar-refractivity contribution < 1.29 is 4.79 Å². The Bertz CT molecular complexity index is 373. The molecule has 0 fully saturated rings. The maximum Gasteiger partial charge on any atom is 0.140 e. The van der Waals surface area contributed by atoms with Crippen LogP contribution in [-0.2, 0) is 11.2 Å². The lowest BCUT2D eigenvalue weighted by Gasteiger charge is -2.11. The van der Waals surface area contributed by atoms with Crippen molar-refractivity contribution >= 4 is 29.0 Å². The first-order valence-electron chi connectivity index (χ1n) is 5.72. The summed E-state index contributed by atoms with van der Waals surface area (Å²) in [7, 11) is 0. The van der Waals surface area contributed by atoms with Gasteiger partial charge >= 0.3 is 0 Å². The fourth-order valence-corrected chi connectivity index (χ4v) is 2.17. The highest BCUT2D eigenvalue weighted by atomic mass is 35.5. The third-order valence-corrected chi connectivity index (χ3v) is 3.51. The number of Topliss-reactive ketones (excluding diaryl/α,β-unsaturated/α-hetero) is 1. The molecule has 0 saturated carbocycles. The molecule has 2 nitrogen and oxygen atoms in total. The second-order valence-electron chi connectivity index (χ2n) is 4.18. The predicted octanol–water partition coefficient (Wildman–Crippen LogP) is 3.48. The van der Waals surface area contributed by atoms with Gasteiger partial charge in [-0.2, -0.15) is 0 Å². The van der Waals surface area contributed by atoms with E-state index in [1.807, 2.05) is 6.92 Å². The molecule has 0 spiro atoms. The van der Waals surface area contributed by atoms with Crippen LogP contribution in [0.15, 0.2) is 18.2 Å². The first kappa shape index (κ1) is 14.5. The van der Waals surface area contributed by atoms with E-state index in [1.54, 1.807) is 18.2 Å². The Kier molecular flexibility index (Phi) is 5.96. The first-order chi connectivity index (χ1) is 8.06. The molecule has 0 aromatic heterocycles. The van der Waals surface area contributed by atoms with E-state index in [0.717, 1.165) is 18.4 Å². The monoisotopic (exact) mass is 273 g/mol. The van der Waals surface area contributed by atoms with Gasteiger partial charge in [0.1, 0.15) is 5.78 Å². The van der Waals surface area contributed by atoms with Gasteiger partial charge in [0.15, 0.2) is 0 Å². The maximum absolute atomic E-state index is 12.0. The van der Waals surface area contributed by atoms with Crippen LogP contribution in [0.3, 0.4) is 0 Å². The first-order valence-corrected chi connectivity index (χ1v) is 6.47. The summed E-state index contributed by atoms with van der Waals surface area (Å²) >= 11 is 12.1. The zero-order chi connectivity index (χ0) is 12.8. The lowest BCUT2D eigenvalue weighted by molar-refractivity contribution is -0.121. The molecule has 1 unspecified atom stereocenters. The molecule has 1 aromatic carbocycles. The number of hydrogen-bond acceptors (Lipinski definition) is 2. The quantitative estimate of drug-likeness (QED) is 0.863. The van der Waals surface area contributed by atoms with Gasteiger partial charge in [0.2, 0.25) is 0 Å². The largest absolute Gasteiger partial charge is 0.330 e. The Hall–Kier alpha value is -0.570. The van der Waals surface area contributed by atoms with E-state index in [2.05, 4.69) is 0 Å². The second-order valence-corrected chi connectivity index (χ2v) is 4.99. The molecule has 0 radical (unpaired) electrons. The Morgan fingerprint density at radius 3 is 2.47 bits per heavy atom. The summed E-state index contributed by atoms with van der Waals surface area (Å²) in [5.74, 6) is 0.166. The molecule has 17 heavy (non-hydrogen) atoms. The minimum Gasteiger partial charge on any atom is -0.330 e. The van der Waals surface area contributed by atoms with Crippen LogP contribution in [0.2, 0.25) is 10.0 Å².